The SMILES string of the molecule is COc1c(C)cnc(COc2c(C)cc(C)cc2N)c1C. The maximum Gasteiger partial charge on any atom is 0.145 e. The fourth-order valence-electron chi connectivity index (χ4n) is 2.54. The van der Waals surface area contributed by atoms with Gasteiger partial charge in [0.1, 0.15) is 18.1 Å². The second-order valence-electron chi connectivity index (χ2n) is 5.33. The highest BCUT2D eigenvalue weighted by atomic mass is 16.5. The lowest BCUT2D eigenvalue weighted by atomic mass is 10.1. The first-order chi connectivity index (χ1) is 9.93. The van der Waals surface area contributed by atoms with Crippen LogP contribution in [0.4, 0.5) is 5.69 Å². The number of nitrogens with zero attached hydrogens (tertiary/aromatic N) is 1. The van der Waals surface area contributed by atoms with E-state index in [1.807, 2.05) is 33.8 Å². The molecule has 0 spiro atoms. The Hall–Kier alpha value is -2.23. The fraction of sp³-hybridized carbons (Fsp3) is 0.353. The molecule has 0 aliphatic carbocycles. The van der Waals surface area contributed by atoms with E-state index in [0.29, 0.717) is 12.3 Å². The van der Waals surface area contributed by atoms with Crippen molar-refractivity contribution < 1.29 is 9.47 Å². The van der Waals surface area contributed by atoms with E-state index in [1.54, 1.807) is 13.3 Å². The summed E-state index contributed by atoms with van der Waals surface area (Å²) in [5.41, 5.74) is 11.7. The van der Waals surface area contributed by atoms with Gasteiger partial charge in [-0.05, 0) is 44.9 Å². The lowest BCUT2D eigenvalue weighted by molar-refractivity contribution is 0.298. The summed E-state index contributed by atoms with van der Waals surface area (Å²) in [6, 6.07) is 3.97. The van der Waals surface area contributed by atoms with Crippen LogP contribution in [0.3, 0.4) is 0 Å². The Balaban J connectivity index is 2.25. The van der Waals surface area contributed by atoms with Crippen LogP contribution in [0.5, 0.6) is 11.5 Å². The number of pyridine rings is 1. The number of ether oxygens (including phenoxy) is 2. The van der Waals surface area contributed by atoms with Crippen LogP contribution in [0.1, 0.15) is 27.9 Å². The summed E-state index contributed by atoms with van der Waals surface area (Å²) >= 11 is 0. The Morgan fingerprint density at radius 3 is 2.38 bits per heavy atom. The van der Waals surface area contributed by atoms with Crippen LogP contribution in [-0.4, -0.2) is 12.1 Å². The minimum Gasteiger partial charge on any atom is -0.496 e. The fourth-order valence-corrected chi connectivity index (χ4v) is 2.54. The summed E-state index contributed by atoms with van der Waals surface area (Å²) in [7, 11) is 1.67. The topological polar surface area (TPSA) is 57.4 Å². The molecule has 21 heavy (non-hydrogen) atoms. The Morgan fingerprint density at radius 1 is 1.05 bits per heavy atom. The summed E-state index contributed by atoms with van der Waals surface area (Å²) in [5.74, 6) is 1.58. The van der Waals surface area contributed by atoms with Gasteiger partial charge in [-0.25, -0.2) is 0 Å². The maximum absolute atomic E-state index is 6.03. The molecule has 112 valence electrons. The van der Waals surface area contributed by atoms with Gasteiger partial charge < -0.3 is 15.2 Å². The summed E-state index contributed by atoms with van der Waals surface area (Å²) in [6.45, 7) is 8.35. The molecular formula is C17H22N2O2. The van der Waals surface area contributed by atoms with E-state index in [1.165, 1.54) is 0 Å². The molecule has 0 atom stereocenters. The van der Waals surface area contributed by atoms with Crippen molar-refractivity contribution in [3.8, 4) is 11.5 Å². The van der Waals surface area contributed by atoms with E-state index in [9.17, 15) is 0 Å². The lowest BCUT2D eigenvalue weighted by Crippen LogP contribution is -2.06. The molecule has 0 fully saturated rings. The molecule has 0 aliphatic rings. The van der Waals surface area contributed by atoms with Crippen molar-refractivity contribution in [2.75, 3.05) is 12.8 Å². The predicted molar refractivity (Wildman–Crippen MR) is 84.9 cm³/mol. The van der Waals surface area contributed by atoms with Gasteiger partial charge in [0.25, 0.3) is 0 Å². The second-order valence-corrected chi connectivity index (χ2v) is 5.33. The number of hydrogen-bond donors (Lipinski definition) is 1. The second kappa shape index (κ2) is 6.04. The van der Waals surface area contributed by atoms with Gasteiger partial charge in [-0.15, -0.1) is 0 Å². The molecule has 0 aliphatic heterocycles. The van der Waals surface area contributed by atoms with Crippen molar-refractivity contribution in [2.24, 2.45) is 0 Å². The average molecular weight is 286 g/mol. The summed E-state index contributed by atoms with van der Waals surface area (Å²) < 4.78 is 11.3. The maximum atomic E-state index is 6.03. The standard InChI is InChI=1S/C17H22N2O2/c1-10-6-11(2)17(14(18)7-10)21-9-15-13(4)16(20-5)12(3)8-19-15/h6-8H,9,18H2,1-5H3. The third-order valence-corrected chi connectivity index (χ3v) is 3.55. The molecule has 1 heterocycles. The first-order valence-corrected chi connectivity index (χ1v) is 6.92. The number of nitrogen functional groups attached to an aromatic ring is 1. The van der Waals surface area contributed by atoms with Gasteiger partial charge in [-0.1, -0.05) is 6.07 Å². The van der Waals surface area contributed by atoms with Crippen molar-refractivity contribution in [3.05, 3.63) is 46.3 Å². The quantitative estimate of drug-likeness (QED) is 0.874. The third-order valence-electron chi connectivity index (χ3n) is 3.55. The zero-order valence-corrected chi connectivity index (χ0v) is 13.3. The minimum atomic E-state index is 0.372. The van der Waals surface area contributed by atoms with Gasteiger partial charge in [-0.2, -0.15) is 0 Å². The number of benzene rings is 1. The van der Waals surface area contributed by atoms with E-state index in [2.05, 4.69) is 11.1 Å². The number of rotatable bonds is 4. The van der Waals surface area contributed by atoms with Crippen molar-refractivity contribution in [1.82, 2.24) is 4.98 Å². The van der Waals surface area contributed by atoms with E-state index >= 15 is 0 Å². The first kappa shape index (κ1) is 15.2. The van der Waals surface area contributed by atoms with Gasteiger partial charge in [0.05, 0.1) is 18.5 Å². The van der Waals surface area contributed by atoms with Gasteiger partial charge in [0.15, 0.2) is 0 Å². The molecular weight excluding hydrogens is 264 g/mol. The molecule has 2 N–H and O–H groups in total. The summed E-state index contributed by atoms with van der Waals surface area (Å²) in [4.78, 5) is 4.43. The molecule has 2 aromatic rings. The monoisotopic (exact) mass is 286 g/mol. The largest absolute Gasteiger partial charge is 0.496 e. The highest BCUT2D eigenvalue weighted by molar-refractivity contribution is 5.58. The molecule has 0 radical (unpaired) electrons. The van der Waals surface area contributed by atoms with Crippen molar-refractivity contribution >= 4 is 5.69 Å². The minimum absolute atomic E-state index is 0.372. The van der Waals surface area contributed by atoms with Crippen LogP contribution in [0.25, 0.3) is 0 Å². The number of aryl methyl sites for hydroxylation is 3. The zero-order chi connectivity index (χ0) is 15.6. The molecule has 4 heteroatoms. The molecule has 2 rings (SSSR count). The number of hydrogen-bond acceptors (Lipinski definition) is 4. The van der Waals surface area contributed by atoms with Gasteiger partial charge >= 0.3 is 0 Å². The number of nitrogens with two attached hydrogens (primary N) is 1. The summed E-state index contributed by atoms with van der Waals surface area (Å²) in [6.07, 6.45) is 1.80. The van der Waals surface area contributed by atoms with E-state index < -0.39 is 0 Å². The average Bonchev–Trinajstić information content (AvgIpc) is 2.40. The number of aromatic nitrogens is 1. The van der Waals surface area contributed by atoms with E-state index in [-0.39, 0.29) is 0 Å². The van der Waals surface area contributed by atoms with Crippen LogP contribution < -0.4 is 15.2 Å². The third kappa shape index (κ3) is 3.10. The molecule has 0 amide bonds. The van der Waals surface area contributed by atoms with Gasteiger partial charge in [0.2, 0.25) is 0 Å². The summed E-state index contributed by atoms with van der Waals surface area (Å²) in [5, 5.41) is 0. The Kier molecular flexibility index (Phi) is 4.36. The number of methoxy groups -OCH3 is 1. The van der Waals surface area contributed by atoms with E-state index in [4.69, 9.17) is 15.2 Å². The van der Waals surface area contributed by atoms with E-state index in [0.717, 1.165) is 39.4 Å². The Morgan fingerprint density at radius 2 is 1.76 bits per heavy atom. The zero-order valence-electron chi connectivity index (χ0n) is 13.3. The molecule has 0 unspecified atom stereocenters. The van der Waals surface area contributed by atoms with Crippen LogP contribution in [0, 0.1) is 27.7 Å². The first-order valence-electron chi connectivity index (χ1n) is 6.92. The van der Waals surface area contributed by atoms with Crippen molar-refractivity contribution in [1.29, 1.82) is 0 Å². The molecule has 4 nitrogen and oxygen atoms in total. The Bertz CT molecular complexity index is 643. The molecule has 1 aromatic heterocycles. The van der Waals surface area contributed by atoms with Gasteiger partial charge in [-0.3, -0.25) is 4.98 Å². The molecule has 0 saturated carbocycles. The molecule has 0 saturated heterocycles. The van der Waals surface area contributed by atoms with Crippen molar-refractivity contribution in [2.45, 2.75) is 34.3 Å². The Labute approximate surface area is 125 Å². The lowest BCUT2D eigenvalue weighted by Gasteiger charge is -2.15. The molecule has 1 aromatic carbocycles. The highest BCUT2D eigenvalue weighted by Gasteiger charge is 2.12. The van der Waals surface area contributed by atoms with Crippen LogP contribution in [0.2, 0.25) is 0 Å². The van der Waals surface area contributed by atoms with Crippen LogP contribution in [0.15, 0.2) is 18.3 Å². The smallest absolute Gasteiger partial charge is 0.145 e. The van der Waals surface area contributed by atoms with Crippen LogP contribution >= 0.6 is 0 Å². The normalized spacial score (nSPS) is 10.5. The van der Waals surface area contributed by atoms with Crippen molar-refractivity contribution in [3.63, 3.8) is 0 Å². The van der Waals surface area contributed by atoms with Crippen LogP contribution in [-0.2, 0) is 6.61 Å². The highest BCUT2D eigenvalue weighted by Crippen LogP contribution is 2.29. The predicted octanol–water partition coefficient (Wildman–Crippen LogP) is 3.49. The number of anilines is 1. The molecule has 0 bridgehead atoms. The van der Waals surface area contributed by atoms with Gasteiger partial charge in [0, 0.05) is 17.3 Å².